The van der Waals surface area contributed by atoms with Crippen LogP contribution in [0.1, 0.15) is 37.8 Å². The van der Waals surface area contributed by atoms with Gasteiger partial charge in [-0.05, 0) is 57.8 Å². The first kappa shape index (κ1) is 27.8. The molecule has 0 radical (unpaired) electrons. The fourth-order valence-corrected chi connectivity index (χ4v) is 5.83. The summed E-state index contributed by atoms with van der Waals surface area (Å²) in [4.78, 5) is 53.1. The number of anilines is 1. The fraction of sp³-hybridized carbons (Fsp3) is 0.462. The molecule has 7 N–H and O–H groups in total. The van der Waals surface area contributed by atoms with Crippen LogP contribution in [0.2, 0.25) is 0 Å². The quantitative estimate of drug-likeness (QED) is 0.167. The van der Waals surface area contributed by atoms with Crippen LogP contribution in [-0.2, 0) is 25.6 Å². The number of benzene rings is 1. The number of amides is 2. The van der Waals surface area contributed by atoms with Crippen molar-refractivity contribution in [2.45, 2.75) is 49.1 Å². The van der Waals surface area contributed by atoms with Crippen molar-refractivity contribution in [2.75, 3.05) is 19.4 Å². The number of Topliss-reactive ketones (excluding diaryl/α,β-unsaturated/α-hetero) is 2. The highest BCUT2D eigenvalue weighted by Crippen LogP contribution is 2.53. The Hall–Kier alpha value is -3.22. The second-order valence-corrected chi connectivity index (χ2v) is 12.2. The molecule has 0 aliphatic heterocycles. The Morgan fingerprint density at radius 2 is 1.87 bits per heavy atom. The van der Waals surface area contributed by atoms with Gasteiger partial charge in [-0.1, -0.05) is 28.9 Å². The largest absolute Gasteiger partial charge is 0.508 e. The second kappa shape index (κ2) is 9.21. The summed E-state index contributed by atoms with van der Waals surface area (Å²) in [5, 5.41) is 47.4. The maximum absolute atomic E-state index is 13.8. The van der Waals surface area contributed by atoms with Gasteiger partial charge in [0.15, 0.2) is 11.4 Å². The first-order chi connectivity index (χ1) is 17.6. The molecule has 4 rings (SSSR count). The normalized spacial score (nSPS) is 28.4. The molecule has 38 heavy (non-hydrogen) atoms. The molecule has 4 unspecified atom stereocenters. The lowest BCUT2D eigenvalue weighted by molar-refractivity contribution is -0.153. The molecule has 1 saturated carbocycles. The van der Waals surface area contributed by atoms with Crippen molar-refractivity contribution < 1.29 is 39.6 Å². The maximum Gasteiger partial charge on any atom is 0.255 e. The number of likely N-dealkylation sites (N-methyl/N-ethyl adjacent to an activating group) is 1. The fourth-order valence-electron chi connectivity index (χ4n) is 5.73. The molecule has 5 atom stereocenters. The summed E-state index contributed by atoms with van der Waals surface area (Å²) in [5.41, 5.74) is 1.90. The number of hydrogen-bond acceptors (Lipinski definition) is 9. The van der Waals surface area contributed by atoms with E-state index in [1.165, 1.54) is 25.1 Å². The number of aromatic hydroxyl groups is 1. The van der Waals surface area contributed by atoms with Crippen molar-refractivity contribution in [2.24, 2.45) is 17.6 Å². The predicted molar refractivity (Wildman–Crippen MR) is 140 cm³/mol. The second-order valence-electron chi connectivity index (χ2n) is 10.5. The van der Waals surface area contributed by atoms with Gasteiger partial charge in [0.2, 0.25) is 11.7 Å². The minimum Gasteiger partial charge on any atom is -0.508 e. The molecule has 1 aromatic carbocycles. The van der Waals surface area contributed by atoms with E-state index in [0.717, 1.165) is 0 Å². The number of primary amides is 1. The zero-order valence-corrected chi connectivity index (χ0v) is 22.9. The van der Waals surface area contributed by atoms with Gasteiger partial charge in [0, 0.05) is 11.5 Å². The van der Waals surface area contributed by atoms with Crippen LogP contribution in [0.5, 0.6) is 5.75 Å². The number of nitrogens with two attached hydrogens (primary N) is 1. The molecule has 11 nitrogen and oxygen atoms in total. The molecule has 1 aromatic rings. The lowest BCUT2D eigenvalue weighted by atomic mass is 9.57. The van der Waals surface area contributed by atoms with Crippen LogP contribution in [0.25, 0.3) is 5.76 Å². The first-order valence-electron chi connectivity index (χ1n) is 12.1. The topological polar surface area (TPSA) is 190 Å². The first-order valence-corrected chi connectivity index (χ1v) is 12.9. The minimum absolute atomic E-state index is 0.00343. The van der Waals surface area contributed by atoms with E-state index >= 15 is 0 Å². The Bertz CT molecular complexity index is 1350. The molecule has 0 heterocycles. The number of nitrogens with one attached hydrogen (secondary N) is 1. The van der Waals surface area contributed by atoms with Gasteiger partial charge in [-0.2, -0.15) is 0 Å². The molecule has 12 heteroatoms. The number of aliphatic hydroxyl groups is 3. The molecular formula is C26H30BrN3O8. The smallest absolute Gasteiger partial charge is 0.255 e. The average molecular weight is 592 g/mol. The molecule has 0 bridgehead atoms. The van der Waals surface area contributed by atoms with E-state index in [9.17, 15) is 39.6 Å². The molecule has 0 saturated heterocycles. The number of hydrogen-bond donors (Lipinski definition) is 6. The Labute approximate surface area is 227 Å². The van der Waals surface area contributed by atoms with E-state index in [1.807, 2.05) is 0 Å². The number of phenolic OH excluding ortho intramolecular Hbond substituents is 1. The van der Waals surface area contributed by atoms with Crippen LogP contribution in [-0.4, -0.2) is 78.8 Å². The minimum atomic E-state index is -2.70. The van der Waals surface area contributed by atoms with E-state index in [4.69, 9.17) is 5.73 Å². The number of carbonyl (C=O) groups excluding carboxylic acids is 4. The Kier molecular flexibility index (Phi) is 6.74. The van der Waals surface area contributed by atoms with Crippen molar-refractivity contribution >= 4 is 50.8 Å². The van der Waals surface area contributed by atoms with Crippen LogP contribution in [0.3, 0.4) is 0 Å². The summed E-state index contributed by atoms with van der Waals surface area (Å²) < 4.78 is -0.915. The third-order valence-electron chi connectivity index (χ3n) is 7.98. The van der Waals surface area contributed by atoms with E-state index < -0.39 is 74.0 Å². The van der Waals surface area contributed by atoms with Crippen LogP contribution in [0.15, 0.2) is 29.0 Å². The van der Waals surface area contributed by atoms with Crippen LogP contribution >= 0.6 is 15.9 Å². The van der Waals surface area contributed by atoms with Gasteiger partial charge in [-0.15, -0.1) is 0 Å². The van der Waals surface area contributed by atoms with Crippen LogP contribution < -0.4 is 11.1 Å². The lowest BCUT2D eigenvalue weighted by Crippen LogP contribution is -2.65. The maximum atomic E-state index is 13.8. The Balaban J connectivity index is 1.87. The van der Waals surface area contributed by atoms with E-state index in [1.54, 1.807) is 19.9 Å². The van der Waals surface area contributed by atoms with Crippen molar-refractivity contribution in [3.8, 4) is 5.75 Å². The summed E-state index contributed by atoms with van der Waals surface area (Å²) in [5.74, 6) is -7.66. The van der Waals surface area contributed by atoms with E-state index in [-0.39, 0.29) is 29.7 Å². The molecule has 0 spiro atoms. The van der Waals surface area contributed by atoms with Gasteiger partial charge < -0.3 is 31.5 Å². The van der Waals surface area contributed by atoms with Gasteiger partial charge in [-0.25, -0.2) is 0 Å². The van der Waals surface area contributed by atoms with Crippen molar-refractivity contribution in [1.82, 2.24) is 4.90 Å². The summed E-state index contributed by atoms with van der Waals surface area (Å²) in [6, 6.07) is 1.96. The van der Waals surface area contributed by atoms with Gasteiger partial charge >= 0.3 is 0 Å². The highest BCUT2D eigenvalue weighted by Gasteiger charge is 2.64. The third kappa shape index (κ3) is 3.85. The molecule has 3 aliphatic carbocycles. The van der Waals surface area contributed by atoms with Crippen LogP contribution in [0, 0.1) is 11.8 Å². The molecule has 1 fully saturated rings. The van der Waals surface area contributed by atoms with Gasteiger partial charge in [0.05, 0.1) is 17.3 Å². The Morgan fingerprint density at radius 1 is 1.24 bits per heavy atom. The third-order valence-corrected chi connectivity index (χ3v) is 8.90. The monoisotopic (exact) mass is 591 g/mol. The van der Waals surface area contributed by atoms with Gasteiger partial charge in [0.25, 0.3) is 5.91 Å². The summed E-state index contributed by atoms with van der Waals surface area (Å²) in [6.07, 6.45) is 0.626. The summed E-state index contributed by atoms with van der Waals surface area (Å²) in [7, 11) is 3.08. The number of alkyl halides is 1. The van der Waals surface area contributed by atoms with E-state index in [0.29, 0.717) is 12.0 Å². The number of halogens is 1. The van der Waals surface area contributed by atoms with Crippen LogP contribution in [0.4, 0.5) is 5.69 Å². The Morgan fingerprint density at radius 3 is 2.42 bits per heavy atom. The summed E-state index contributed by atoms with van der Waals surface area (Å²) in [6.45, 7) is 3.47. The van der Waals surface area contributed by atoms with Crippen molar-refractivity contribution in [3.05, 3.63) is 40.2 Å². The number of ketones is 2. The zero-order chi connectivity index (χ0) is 28.5. The number of rotatable bonds is 5. The average Bonchev–Trinajstić information content (AvgIpc) is 2.82. The highest BCUT2D eigenvalue weighted by atomic mass is 79.9. The van der Waals surface area contributed by atoms with Gasteiger partial charge in [0.1, 0.15) is 27.2 Å². The molecular weight excluding hydrogens is 562 g/mol. The number of fused-ring (bicyclic) bond motifs is 3. The number of aliphatic hydroxyl groups excluding tert-OH is 2. The SMILES string of the molecule is CCC(C)(Br)C(=O)Nc1ccc2c(c1O)C(O)=C1C(=O)C3(O)C(O)=C(C(N)=O)C(=O)[C@@H](N(C)C)C3CC1C2. The molecule has 2 amide bonds. The van der Waals surface area contributed by atoms with E-state index in [2.05, 4.69) is 21.2 Å². The number of nitrogens with zero attached hydrogens (tertiary/aromatic N) is 1. The van der Waals surface area contributed by atoms with Gasteiger partial charge in [-0.3, -0.25) is 24.1 Å². The lowest BCUT2D eigenvalue weighted by Gasteiger charge is -2.50. The zero-order valence-electron chi connectivity index (χ0n) is 21.3. The molecule has 0 aromatic heterocycles. The number of carbonyl (C=O) groups is 4. The van der Waals surface area contributed by atoms with Crippen molar-refractivity contribution in [1.29, 1.82) is 0 Å². The molecule has 204 valence electrons. The highest BCUT2D eigenvalue weighted by molar-refractivity contribution is 9.10. The molecule has 3 aliphatic rings. The number of phenols is 1. The van der Waals surface area contributed by atoms with Crippen molar-refractivity contribution in [3.63, 3.8) is 0 Å². The summed E-state index contributed by atoms with van der Waals surface area (Å²) >= 11 is 3.33. The predicted octanol–water partition coefficient (Wildman–Crippen LogP) is 1.47. The standard InChI is InChI=1S/C26H30BrN3O8/c1-5-25(2,27)24(37)29-13-7-6-10-8-11-9-12-17(30(3)4)20(33)16(23(28)36)22(35)26(12,38)21(34)15(11)19(32)14(10)18(13)31/h6-7,11-12,17,31-32,35,38H,5,8-9H2,1-4H3,(H2,28,36)(H,29,37)/t11?,12?,17-,25?,26?/m0/s1.